The van der Waals surface area contributed by atoms with Crippen LogP contribution in [0, 0.1) is 0 Å². The number of aromatic amines is 1. The Morgan fingerprint density at radius 2 is 2.04 bits per heavy atom. The number of aliphatic hydroxyl groups excluding tert-OH is 4. The predicted octanol–water partition coefficient (Wildman–Crippen LogP) is -0.610. The number of aromatic nitrogens is 3. The Morgan fingerprint density at radius 3 is 2.78 bits per heavy atom. The fraction of sp³-hybridized carbons (Fsp3) is 0.556. The van der Waals surface area contributed by atoms with Crippen LogP contribution >= 0.6 is 0 Å². The van der Waals surface area contributed by atoms with Crippen molar-refractivity contribution < 1.29 is 25.2 Å². The van der Waals surface area contributed by atoms with Crippen LogP contribution in [0.25, 0.3) is 11.3 Å². The molecule has 1 fully saturated rings. The molecule has 1 saturated heterocycles. The van der Waals surface area contributed by atoms with Crippen molar-refractivity contribution in [1.29, 1.82) is 0 Å². The third-order valence-electron chi connectivity index (χ3n) is 4.87. The number of hydrogen-bond acceptors (Lipinski definition) is 8. The predicted molar refractivity (Wildman–Crippen MR) is 97.0 cm³/mol. The molecule has 2 aromatic rings. The number of β-amino-alcohol motifs (C(OH)–C–C–N with tert-alkyl or cyclic N) is 1. The Hall–Kier alpha value is -2.04. The molecule has 148 valence electrons. The lowest BCUT2D eigenvalue weighted by molar-refractivity contribution is -0.145. The molecule has 0 saturated carbocycles. The van der Waals surface area contributed by atoms with Gasteiger partial charge in [-0.2, -0.15) is 15.4 Å². The largest absolute Gasteiger partial charge is 0.494 e. The van der Waals surface area contributed by atoms with Gasteiger partial charge in [0.1, 0.15) is 23.7 Å². The first-order valence-electron chi connectivity index (χ1n) is 9.08. The van der Waals surface area contributed by atoms with Crippen molar-refractivity contribution in [2.45, 2.75) is 37.2 Å². The van der Waals surface area contributed by atoms with Gasteiger partial charge in [-0.15, -0.1) is 0 Å². The molecule has 0 bridgehead atoms. The van der Waals surface area contributed by atoms with Crippen LogP contribution in [0.3, 0.4) is 0 Å². The monoisotopic (exact) mass is 378 g/mol. The molecule has 0 aliphatic carbocycles. The van der Waals surface area contributed by atoms with Crippen LogP contribution < -0.4 is 4.74 Å². The van der Waals surface area contributed by atoms with Gasteiger partial charge in [0.2, 0.25) is 0 Å². The third kappa shape index (κ3) is 4.82. The van der Waals surface area contributed by atoms with Crippen molar-refractivity contribution in [1.82, 2.24) is 20.3 Å². The molecule has 1 aromatic heterocycles. The van der Waals surface area contributed by atoms with Crippen LogP contribution in [0.1, 0.15) is 12.8 Å². The van der Waals surface area contributed by atoms with Gasteiger partial charge < -0.3 is 25.2 Å². The summed E-state index contributed by atoms with van der Waals surface area (Å²) in [4.78, 5) is 1.81. The number of piperidine rings is 1. The molecule has 5 N–H and O–H groups in total. The summed E-state index contributed by atoms with van der Waals surface area (Å²) in [6.45, 7) is 1.07. The zero-order valence-corrected chi connectivity index (χ0v) is 15.0. The number of H-pyrrole nitrogens is 1. The first-order valence-corrected chi connectivity index (χ1v) is 9.08. The van der Waals surface area contributed by atoms with Crippen LogP contribution in [0.4, 0.5) is 0 Å². The Kier molecular flexibility index (Phi) is 6.75. The number of ether oxygens (including phenoxy) is 1. The average Bonchev–Trinajstić information content (AvgIpc) is 3.21. The smallest absolute Gasteiger partial charge is 0.119 e. The molecular weight excluding hydrogens is 352 g/mol. The minimum atomic E-state index is -1.22. The van der Waals surface area contributed by atoms with E-state index >= 15 is 0 Å². The van der Waals surface area contributed by atoms with Crippen molar-refractivity contribution in [2.75, 3.05) is 26.3 Å². The van der Waals surface area contributed by atoms with Gasteiger partial charge in [0, 0.05) is 12.1 Å². The SMILES string of the molecule is OC[C@@H]1[C@@H](O)[C@H](O)[C@@H](O)CN1CCCCOc1cccc(-c2cn[nH]n2)c1. The number of unbranched alkanes of at least 4 members (excludes halogenated alkanes) is 1. The number of nitrogens with one attached hydrogen (secondary N) is 1. The molecule has 1 aliphatic heterocycles. The maximum Gasteiger partial charge on any atom is 0.119 e. The molecule has 4 atom stereocenters. The molecule has 0 radical (unpaired) electrons. The maximum atomic E-state index is 9.99. The summed E-state index contributed by atoms with van der Waals surface area (Å²) < 4.78 is 5.78. The summed E-state index contributed by atoms with van der Waals surface area (Å²) in [5, 5.41) is 49.4. The summed E-state index contributed by atoms with van der Waals surface area (Å²) in [5.74, 6) is 0.746. The van der Waals surface area contributed by atoms with E-state index in [0.29, 0.717) is 13.2 Å². The van der Waals surface area contributed by atoms with Gasteiger partial charge in [0.25, 0.3) is 0 Å². The minimum absolute atomic E-state index is 0.226. The van der Waals surface area contributed by atoms with E-state index in [1.54, 1.807) is 6.20 Å². The lowest BCUT2D eigenvalue weighted by atomic mass is 9.94. The fourth-order valence-corrected chi connectivity index (χ4v) is 3.33. The molecule has 27 heavy (non-hydrogen) atoms. The Labute approximate surface area is 157 Å². The van der Waals surface area contributed by atoms with E-state index in [-0.39, 0.29) is 13.2 Å². The lowest BCUT2D eigenvalue weighted by Gasteiger charge is -2.43. The molecule has 0 spiro atoms. The number of nitrogens with zero attached hydrogens (tertiary/aromatic N) is 3. The number of rotatable bonds is 8. The molecule has 1 aromatic carbocycles. The van der Waals surface area contributed by atoms with E-state index in [2.05, 4.69) is 15.4 Å². The number of likely N-dealkylation sites (tertiary alicyclic amines) is 1. The van der Waals surface area contributed by atoms with Crippen molar-refractivity contribution in [3.8, 4) is 17.0 Å². The Bertz CT molecular complexity index is 699. The second-order valence-corrected chi connectivity index (χ2v) is 6.73. The van der Waals surface area contributed by atoms with Crippen LogP contribution in [0.2, 0.25) is 0 Å². The zero-order chi connectivity index (χ0) is 19.2. The van der Waals surface area contributed by atoms with Gasteiger partial charge in [-0.25, -0.2) is 0 Å². The second-order valence-electron chi connectivity index (χ2n) is 6.73. The lowest BCUT2D eigenvalue weighted by Crippen LogP contribution is -2.62. The van der Waals surface area contributed by atoms with E-state index < -0.39 is 24.4 Å². The highest BCUT2D eigenvalue weighted by atomic mass is 16.5. The quantitative estimate of drug-likeness (QED) is 0.384. The van der Waals surface area contributed by atoms with E-state index in [1.807, 2.05) is 29.2 Å². The summed E-state index contributed by atoms with van der Waals surface area (Å²) in [6.07, 6.45) is -0.201. The average molecular weight is 378 g/mol. The van der Waals surface area contributed by atoms with Gasteiger partial charge in [0.15, 0.2) is 0 Å². The van der Waals surface area contributed by atoms with Gasteiger partial charge in [0.05, 0.1) is 31.6 Å². The molecule has 3 rings (SSSR count). The molecule has 0 unspecified atom stereocenters. The van der Waals surface area contributed by atoms with Crippen molar-refractivity contribution in [3.63, 3.8) is 0 Å². The van der Waals surface area contributed by atoms with Crippen LogP contribution in [0.15, 0.2) is 30.5 Å². The highest BCUT2D eigenvalue weighted by Crippen LogP contribution is 2.22. The number of benzene rings is 1. The standard InChI is InChI=1S/C18H26N4O5/c23-11-15-17(25)18(26)16(24)10-22(15)6-1-2-7-27-13-5-3-4-12(8-13)14-9-19-21-20-14/h3-5,8-9,15-18,23-26H,1-2,6-7,10-11H2,(H,19,20,21)/t15-,16+,17-,18-/m1/s1. The third-order valence-corrected chi connectivity index (χ3v) is 4.87. The number of aliphatic hydroxyl groups is 4. The van der Waals surface area contributed by atoms with E-state index in [4.69, 9.17) is 4.74 Å². The molecule has 0 amide bonds. The normalized spacial score (nSPS) is 26.2. The minimum Gasteiger partial charge on any atom is -0.494 e. The fourth-order valence-electron chi connectivity index (χ4n) is 3.33. The van der Waals surface area contributed by atoms with E-state index in [1.165, 1.54) is 0 Å². The van der Waals surface area contributed by atoms with Crippen molar-refractivity contribution >= 4 is 0 Å². The summed E-state index contributed by atoms with van der Waals surface area (Å²) >= 11 is 0. The Balaban J connectivity index is 1.43. The van der Waals surface area contributed by atoms with Gasteiger partial charge in [-0.1, -0.05) is 12.1 Å². The van der Waals surface area contributed by atoms with Gasteiger partial charge in [-0.05, 0) is 31.5 Å². The Morgan fingerprint density at radius 1 is 1.19 bits per heavy atom. The second kappa shape index (κ2) is 9.25. The molecular formula is C18H26N4O5. The summed E-state index contributed by atoms with van der Waals surface area (Å²) in [7, 11) is 0. The maximum absolute atomic E-state index is 9.99. The summed E-state index contributed by atoms with van der Waals surface area (Å²) in [6, 6.07) is 7.04. The molecule has 9 nitrogen and oxygen atoms in total. The van der Waals surface area contributed by atoms with Gasteiger partial charge in [-0.3, -0.25) is 4.90 Å². The highest BCUT2D eigenvalue weighted by Gasteiger charge is 2.40. The topological polar surface area (TPSA) is 135 Å². The first kappa shape index (κ1) is 19.7. The molecule has 1 aliphatic rings. The highest BCUT2D eigenvalue weighted by molar-refractivity contribution is 5.59. The first-order chi connectivity index (χ1) is 13.1. The van der Waals surface area contributed by atoms with Crippen LogP contribution in [-0.4, -0.2) is 91.4 Å². The van der Waals surface area contributed by atoms with E-state index in [0.717, 1.165) is 29.8 Å². The van der Waals surface area contributed by atoms with Crippen LogP contribution in [-0.2, 0) is 0 Å². The van der Waals surface area contributed by atoms with Gasteiger partial charge >= 0.3 is 0 Å². The van der Waals surface area contributed by atoms with E-state index in [9.17, 15) is 20.4 Å². The van der Waals surface area contributed by atoms with Crippen molar-refractivity contribution in [2.24, 2.45) is 0 Å². The number of hydrogen-bond donors (Lipinski definition) is 5. The zero-order valence-electron chi connectivity index (χ0n) is 15.0. The van der Waals surface area contributed by atoms with Crippen molar-refractivity contribution in [3.05, 3.63) is 30.5 Å². The van der Waals surface area contributed by atoms with Crippen LogP contribution in [0.5, 0.6) is 5.75 Å². The molecule has 9 heteroatoms. The molecule has 2 heterocycles. The summed E-state index contributed by atoms with van der Waals surface area (Å²) in [5.41, 5.74) is 1.67.